The molecule has 8 N–H and O–H groups in total. The maximum absolute atomic E-state index is 12.9. The SMILES string of the molecule is COc1cc(-c2cc(=O)c3c(O)cc(O[C@@H]4O[C@H](CO)[C@H](O)[C@H](O)[C@H]4O[C@H]4OC[C@@](O)(CO)[C@@H]4O)cc3o2)ccc1O. The minimum atomic E-state index is -2.05. The lowest BCUT2D eigenvalue weighted by Crippen LogP contribution is -2.62. The normalized spacial score (nSPS) is 31.4. The first kappa shape index (κ1) is 30.0. The molecule has 2 saturated heterocycles. The molecule has 0 aliphatic carbocycles. The molecule has 0 bridgehead atoms. The van der Waals surface area contributed by atoms with Crippen LogP contribution in [0.3, 0.4) is 0 Å². The van der Waals surface area contributed by atoms with Crippen molar-refractivity contribution in [1.82, 2.24) is 0 Å². The summed E-state index contributed by atoms with van der Waals surface area (Å²) < 4.78 is 33.2. The second-order valence-electron chi connectivity index (χ2n) is 9.99. The molecule has 0 spiro atoms. The van der Waals surface area contributed by atoms with Crippen LogP contribution in [0.4, 0.5) is 0 Å². The predicted octanol–water partition coefficient (Wildman–Crippen LogP) is -1.48. The van der Waals surface area contributed by atoms with E-state index in [2.05, 4.69) is 0 Å². The van der Waals surface area contributed by atoms with Gasteiger partial charge in [0.25, 0.3) is 0 Å². The zero-order valence-electron chi connectivity index (χ0n) is 22.1. The van der Waals surface area contributed by atoms with Gasteiger partial charge in [-0.2, -0.15) is 0 Å². The summed E-state index contributed by atoms with van der Waals surface area (Å²) in [6, 6.07) is 7.73. The Morgan fingerprint density at radius 3 is 2.43 bits per heavy atom. The lowest BCUT2D eigenvalue weighted by atomic mass is 9.98. The van der Waals surface area contributed by atoms with Crippen LogP contribution < -0.4 is 14.9 Å². The Bertz CT molecular complexity index is 1490. The molecule has 2 aromatic carbocycles. The Hall–Kier alpha value is -3.51. The number of methoxy groups -OCH3 is 1. The van der Waals surface area contributed by atoms with E-state index in [4.69, 9.17) is 28.1 Å². The van der Waals surface area contributed by atoms with E-state index in [0.29, 0.717) is 5.56 Å². The lowest BCUT2D eigenvalue weighted by Gasteiger charge is -2.42. The van der Waals surface area contributed by atoms with Gasteiger partial charge >= 0.3 is 0 Å². The highest BCUT2D eigenvalue weighted by Crippen LogP contribution is 2.36. The number of hydrogen-bond donors (Lipinski definition) is 8. The van der Waals surface area contributed by atoms with Gasteiger partial charge in [0.1, 0.15) is 58.2 Å². The molecule has 0 unspecified atom stereocenters. The van der Waals surface area contributed by atoms with Crippen molar-refractivity contribution in [2.75, 3.05) is 26.9 Å². The Morgan fingerprint density at radius 1 is 1.00 bits per heavy atom. The largest absolute Gasteiger partial charge is 0.507 e. The number of aliphatic hydroxyl groups is 6. The van der Waals surface area contributed by atoms with Crippen LogP contribution in [0.1, 0.15) is 0 Å². The smallest absolute Gasteiger partial charge is 0.229 e. The Morgan fingerprint density at radius 2 is 1.76 bits per heavy atom. The molecule has 5 rings (SSSR count). The number of phenols is 2. The van der Waals surface area contributed by atoms with Crippen molar-refractivity contribution in [1.29, 1.82) is 0 Å². The van der Waals surface area contributed by atoms with Crippen molar-refractivity contribution in [3.63, 3.8) is 0 Å². The van der Waals surface area contributed by atoms with Crippen molar-refractivity contribution < 1.29 is 69.0 Å². The lowest BCUT2D eigenvalue weighted by molar-refractivity contribution is -0.318. The third-order valence-electron chi connectivity index (χ3n) is 7.20. The Labute approximate surface area is 236 Å². The third-order valence-corrected chi connectivity index (χ3v) is 7.20. The number of aliphatic hydroxyl groups excluding tert-OH is 5. The van der Waals surface area contributed by atoms with Gasteiger partial charge in [0.15, 0.2) is 29.3 Å². The average molecular weight is 595 g/mol. The molecule has 8 atom stereocenters. The zero-order chi connectivity index (χ0) is 30.3. The monoisotopic (exact) mass is 594 g/mol. The van der Waals surface area contributed by atoms with Crippen LogP contribution in [-0.4, -0.2) is 116 Å². The first-order valence-electron chi connectivity index (χ1n) is 12.8. The molecule has 0 radical (unpaired) electrons. The van der Waals surface area contributed by atoms with E-state index in [9.17, 15) is 45.6 Å². The number of fused-ring (bicyclic) bond motifs is 1. The first-order valence-corrected chi connectivity index (χ1v) is 12.8. The van der Waals surface area contributed by atoms with Gasteiger partial charge in [-0.15, -0.1) is 0 Å². The quantitative estimate of drug-likeness (QED) is 0.148. The third kappa shape index (κ3) is 5.37. The van der Waals surface area contributed by atoms with E-state index in [1.165, 1.54) is 31.4 Å². The van der Waals surface area contributed by atoms with E-state index in [-0.39, 0.29) is 34.0 Å². The summed E-state index contributed by atoms with van der Waals surface area (Å²) in [7, 11) is 1.35. The fourth-order valence-electron chi connectivity index (χ4n) is 4.78. The van der Waals surface area contributed by atoms with Gasteiger partial charge in [-0.05, 0) is 18.2 Å². The van der Waals surface area contributed by atoms with Crippen LogP contribution in [-0.2, 0) is 14.2 Å². The highest BCUT2D eigenvalue weighted by atomic mass is 16.8. The molecule has 15 heteroatoms. The molecule has 2 fully saturated rings. The molecule has 2 aliphatic rings. The standard InChI is InChI=1S/C27H30O15/c1-37-17-4-11(2-3-13(17)30)16-7-15(32)20-14(31)5-12(6-18(20)40-16)39-25-23(22(34)21(33)19(8-28)41-25)42-26-24(35)27(36,9-29)10-38-26/h2-7,19,21-26,28-31,33-36H,8-10H2,1H3/t19-,21+,22+,23-,24-,25-,26-,27+/m1/s1. The molecule has 0 amide bonds. The van der Waals surface area contributed by atoms with Crippen LogP contribution in [0.15, 0.2) is 45.6 Å². The summed E-state index contributed by atoms with van der Waals surface area (Å²) in [5, 5.41) is 81.3. The second-order valence-corrected chi connectivity index (χ2v) is 9.99. The molecule has 15 nitrogen and oxygen atoms in total. The summed E-state index contributed by atoms with van der Waals surface area (Å²) in [6.45, 7) is -2.08. The minimum absolute atomic E-state index is 0.0695. The molecule has 1 aromatic heterocycles. The average Bonchev–Trinajstić information content (AvgIpc) is 3.25. The van der Waals surface area contributed by atoms with Crippen molar-refractivity contribution in [3.05, 3.63) is 46.6 Å². The second kappa shape index (κ2) is 11.6. The fourth-order valence-corrected chi connectivity index (χ4v) is 4.78. The van der Waals surface area contributed by atoms with E-state index in [1.54, 1.807) is 0 Å². The Balaban J connectivity index is 1.48. The molecule has 42 heavy (non-hydrogen) atoms. The van der Waals surface area contributed by atoms with Gasteiger partial charge in [0.05, 0.1) is 26.9 Å². The van der Waals surface area contributed by atoms with E-state index in [0.717, 1.165) is 12.1 Å². The molecule has 3 heterocycles. The summed E-state index contributed by atoms with van der Waals surface area (Å²) in [5.74, 6) is -0.612. The Kier molecular flexibility index (Phi) is 8.30. The molecule has 3 aromatic rings. The molecular formula is C27H30O15. The highest BCUT2D eigenvalue weighted by molar-refractivity contribution is 5.86. The number of benzene rings is 2. The number of aromatic hydroxyl groups is 2. The summed E-state index contributed by atoms with van der Waals surface area (Å²) in [5.41, 5.74) is -2.39. The van der Waals surface area contributed by atoms with Crippen LogP contribution >= 0.6 is 0 Å². The molecule has 0 saturated carbocycles. The van der Waals surface area contributed by atoms with Crippen LogP contribution in [0.25, 0.3) is 22.3 Å². The van der Waals surface area contributed by atoms with Crippen LogP contribution in [0, 0.1) is 0 Å². The van der Waals surface area contributed by atoms with Crippen molar-refractivity contribution in [3.8, 4) is 34.3 Å². The van der Waals surface area contributed by atoms with Gasteiger partial charge < -0.3 is 69.0 Å². The molecule has 228 valence electrons. The van der Waals surface area contributed by atoms with Crippen molar-refractivity contribution in [2.24, 2.45) is 0 Å². The molecule has 2 aliphatic heterocycles. The number of ether oxygens (including phenoxy) is 5. The number of phenolic OH excluding ortho intramolecular Hbond substituents is 2. The van der Waals surface area contributed by atoms with Gasteiger partial charge in [0.2, 0.25) is 6.29 Å². The zero-order valence-corrected chi connectivity index (χ0v) is 22.1. The first-order chi connectivity index (χ1) is 20.0. The van der Waals surface area contributed by atoms with Gasteiger partial charge in [0, 0.05) is 23.8 Å². The van der Waals surface area contributed by atoms with Gasteiger partial charge in [-0.1, -0.05) is 0 Å². The molecular weight excluding hydrogens is 564 g/mol. The van der Waals surface area contributed by atoms with Crippen molar-refractivity contribution >= 4 is 11.0 Å². The van der Waals surface area contributed by atoms with E-state index < -0.39 is 79.7 Å². The van der Waals surface area contributed by atoms with Crippen LogP contribution in [0.5, 0.6) is 23.0 Å². The maximum atomic E-state index is 12.9. The predicted molar refractivity (Wildman–Crippen MR) is 139 cm³/mol. The highest BCUT2D eigenvalue weighted by Gasteiger charge is 2.53. The summed E-state index contributed by atoms with van der Waals surface area (Å²) in [4.78, 5) is 12.9. The van der Waals surface area contributed by atoms with Crippen LogP contribution in [0.2, 0.25) is 0 Å². The summed E-state index contributed by atoms with van der Waals surface area (Å²) >= 11 is 0. The minimum Gasteiger partial charge on any atom is -0.507 e. The van der Waals surface area contributed by atoms with Gasteiger partial charge in [-0.25, -0.2) is 0 Å². The van der Waals surface area contributed by atoms with E-state index in [1.807, 2.05) is 0 Å². The topological polar surface area (TPSA) is 238 Å². The fraction of sp³-hybridized carbons (Fsp3) is 0.444. The number of rotatable bonds is 8. The maximum Gasteiger partial charge on any atom is 0.229 e. The van der Waals surface area contributed by atoms with Crippen molar-refractivity contribution in [2.45, 2.75) is 48.7 Å². The summed E-state index contributed by atoms with van der Waals surface area (Å²) in [6.07, 6.45) is -11.3. The number of hydrogen-bond acceptors (Lipinski definition) is 15. The van der Waals surface area contributed by atoms with Gasteiger partial charge in [-0.3, -0.25) is 4.79 Å². The van der Waals surface area contributed by atoms with E-state index >= 15 is 0 Å².